The Morgan fingerprint density at radius 2 is 2.00 bits per heavy atom. The van der Waals surface area contributed by atoms with Crippen LogP contribution in [0.4, 0.5) is 5.95 Å². The van der Waals surface area contributed by atoms with E-state index in [0.29, 0.717) is 11.9 Å². The van der Waals surface area contributed by atoms with E-state index in [2.05, 4.69) is 20.0 Å². The van der Waals surface area contributed by atoms with Crippen LogP contribution in [0, 0.1) is 5.92 Å². The molecule has 0 saturated heterocycles. The molecule has 18 heavy (non-hydrogen) atoms. The fourth-order valence-electron chi connectivity index (χ4n) is 1.54. The summed E-state index contributed by atoms with van der Waals surface area (Å²) in [4.78, 5) is 8.09. The lowest BCUT2D eigenvalue weighted by Crippen LogP contribution is -2.27. The number of anilines is 1. The fourth-order valence-corrected chi connectivity index (χ4v) is 2.78. The molecule has 0 bridgehead atoms. The van der Waals surface area contributed by atoms with Crippen LogP contribution in [0.25, 0.3) is 0 Å². The van der Waals surface area contributed by atoms with Gasteiger partial charge in [0.05, 0.1) is 12.4 Å². The molecule has 2 unspecified atom stereocenters. The van der Waals surface area contributed by atoms with Crippen molar-refractivity contribution in [2.45, 2.75) is 37.6 Å². The maximum atomic E-state index is 11.9. The highest BCUT2D eigenvalue weighted by molar-refractivity contribution is 7.89. The summed E-state index contributed by atoms with van der Waals surface area (Å²) < 4.78 is 26.5. The molecule has 1 aliphatic carbocycles. The number of hydrogen-bond acceptors (Lipinski definition) is 5. The molecule has 2 N–H and O–H groups in total. The van der Waals surface area contributed by atoms with Crippen molar-refractivity contribution in [2.24, 2.45) is 5.92 Å². The summed E-state index contributed by atoms with van der Waals surface area (Å²) in [5.74, 6) is 0.877. The first-order chi connectivity index (χ1) is 8.53. The van der Waals surface area contributed by atoms with E-state index in [9.17, 15) is 8.42 Å². The van der Waals surface area contributed by atoms with Gasteiger partial charge in [-0.15, -0.1) is 0 Å². The molecule has 100 valence electrons. The molecule has 6 nitrogen and oxygen atoms in total. The first-order valence-electron chi connectivity index (χ1n) is 6.11. The highest BCUT2D eigenvalue weighted by atomic mass is 32.2. The maximum Gasteiger partial charge on any atom is 0.243 e. The standard InChI is InChI=1S/C11H18N4O2S/c1-3-4-12-11-13-6-9(7-14-11)18(16,17)15-10-5-8(10)2/h6-8,10,15H,3-5H2,1-2H3,(H,12,13,14). The van der Waals surface area contributed by atoms with Crippen molar-refractivity contribution in [3.8, 4) is 0 Å². The van der Waals surface area contributed by atoms with Crippen molar-refractivity contribution < 1.29 is 8.42 Å². The van der Waals surface area contributed by atoms with Crippen molar-refractivity contribution >= 4 is 16.0 Å². The second-order valence-electron chi connectivity index (χ2n) is 4.61. The predicted molar refractivity (Wildman–Crippen MR) is 68.7 cm³/mol. The molecule has 0 amide bonds. The maximum absolute atomic E-state index is 11.9. The third-order valence-electron chi connectivity index (χ3n) is 2.89. The number of nitrogens with zero attached hydrogens (tertiary/aromatic N) is 2. The van der Waals surface area contributed by atoms with Gasteiger partial charge in [0.1, 0.15) is 4.90 Å². The molecule has 0 spiro atoms. The quantitative estimate of drug-likeness (QED) is 0.805. The van der Waals surface area contributed by atoms with Gasteiger partial charge in [0.15, 0.2) is 0 Å². The molecule has 1 aliphatic rings. The van der Waals surface area contributed by atoms with Crippen LogP contribution in [0.1, 0.15) is 26.7 Å². The Morgan fingerprint density at radius 3 is 2.50 bits per heavy atom. The van der Waals surface area contributed by atoms with E-state index in [1.807, 2.05) is 13.8 Å². The van der Waals surface area contributed by atoms with Crippen LogP contribution in [-0.2, 0) is 10.0 Å². The Bertz CT molecular complexity index is 500. The molecule has 1 fully saturated rings. The second kappa shape index (κ2) is 5.19. The van der Waals surface area contributed by atoms with Crippen molar-refractivity contribution in [1.29, 1.82) is 0 Å². The molecular weight excluding hydrogens is 252 g/mol. The van der Waals surface area contributed by atoms with Gasteiger partial charge < -0.3 is 5.32 Å². The lowest BCUT2D eigenvalue weighted by atomic mass is 10.5. The van der Waals surface area contributed by atoms with E-state index in [0.717, 1.165) is 19.4 Å². The van der Waals surface area contributed by atoms with Crippen LogP contribution in [0.15, 0.2) is 17.3 Å². The minimum atomic E-state index is -3.47. The first-order valence-corrected chi connectivity index (χ1v) is 7.59. The molecule has 1 aromatic rings. The molecule has 1 aromatic heterocycles. The largest absolute Gasteiger partial charge is 0.354 e. The van der Waals surface area contributed by atoms with E-state index in [4.69, 9.17) is 0 Å². The third-order valence-corrected chi connectivity index (χ3v) is 4.33. The molecule has 0 aliphatic heterocycles. The van der Waals surface area contributed by atoms with Crippen LogP contribution < -0.4 is 10.0 Å². The number of rotatable bonds is 6. The summed E-state index contributed by atoms with van der Waals surface area (Å²) in [6, 6.07) is 0.0629. The van der Waals surface area contributed by atoms with E-state index < -0.39 is 10.0 Å². The Balaban J connectivity index is 2.03. The number of nitrogens with one attached hydrogen (secondary N) is 2. The zero-order chi connectivity index (χ0) is 13.2. The molecule has 1 saturated carbocycles. The highest BCUT2D eigenvalue weighted by Crippen LogP contribution is 2.30. The molecule has 0 radical (unpaired) electrons. The zero-order valence-electron chi connectivity index (χ0n) is 10.5. The van der Waals surface area contributed by atoms with Crippen molar-refractivity contribution in [3.05, 3.63) is 12.4 Å². The second-order valence-corrected chi connectivity index (χ2v) is 6.32. The monoisotopic (exact) mass is 270 g/mol. The Kier molecular flexibility index (Phi) is 3.82. The van der Waals surface area contributed by atoms with Crippen LogP contribution in [-0.4, -0.2) is 31.0 Å². The van der Waals surface area contributed by atoms with Gasteiger partial charge in [-0.25, -0.2) is 23.1 Å². The predicted octanol–water partition coefficient (Wildman–Crippen LogP) is 0.985. The topological polar surface area (TPSA) is 84.0 Å². The highest BCUT2D eigenvalue weighted by Gasteiger charge is 2.36. The Morgan fingerprint density at radius 1 is 1.39 bits per heavy atom. The molecular formula is C11H18N4O2S. The van der Waals surface area contributed by atoms with E-state index >= 15 is 0 Å². The summed E-state index contributed by atoms with van der Waals surface area (Å²) in [5, 5.41) is 3.00. The fraction of sp³-hybridized carbons (Fsp3) is 0.636. The number of hydrogen-bond donors (Lipinski definition) is 2. The molecule has 1 heterocycles. The van der Waals surface area contributed by atoms with Gasteiger partial charge in [0, 0.05) is 12.6 Å². The first kappa shape index (κ1) is 13.2. The zero-order valence-corrected chi connectivity index (χ0v) is 11.4. The van der Waals surface area contributed by atoms with Crippen molar-refractivity contribution in [3.63, 3.8) is 0 Å². The summed E-state index contributed by atoms with van der Waals surface area (Å²) in [7, 11) is -3.47. The third kappa shape index (κ3) is 3.17. The Labute approximate surface area is 107 Å². The van der Waals surface area contributed by atoms with E-state index in [-0.39, 0.29) is 10.9 Å². The smallest absolute Gasteiger partial charge is 0.243 e. The number of sulfonamides is 1. The molecule has 7 heteroatoms. The van der Waals surface area contributed by atoms with Gasteiger partial charge in [-0.3, -0.25) is 0 Å². The van der Waals surface area contributed by atoms with Gasteiger partial charge in [0.25, 0.3) is 0 Å². The summed E-state index contributed by atoms with van der Waals surface area (Å²) in [6.45, 7) is 4.82. The van der Waals surface area contributed by atoms with Crippen molar-refractivity contribution in [2.75, 3.05) is 11.9 Å². The van der Waals surface area contributed by atoms with E-state index in [1.165, 1.54) is 12.4 Å². The van der Waals surface area contributed by atoms with Crippen molar-refractivity contribution in [1.82, 2.24) is 14.7 Å². The number of aromatic nitrogens is 2. The summed E-state index contributed by atoms with van der Waals surface area (Å²) >= 11 is 0. The van der Waals surface area contributed by atoms with Gasteiger partial charge in [-0.2, -0.15) is 0 Å². The van der Waals surface area contributed by atoms with Gasteiger partial charge in [-0.1, -0.05) is 13.8 Å². The van der Waals surface area contributed by atoms with Crippen LogP contribution in [0.5, 0.6) is 0 Å². The van der Waals surface area contributed by atoms with E-state index in [1.54, 1.807) is 0 Å². The molecule has 2 atom stereocenters. The van der Waals surface area contributed by atoms with Crippen LogP contribution in [0.3, 0.4) is 0 Å². The normalized spacial score (nSPS) is 22.8. The van der Waals surface area contributed by atoms with Crippen LogP contribution in [0.2, 0.25) is 0 Å². The van der Waals surface area contributed by atoms with Gasteiger partial charge in [-0.05, 0) is 18.8 Å². The molecule has 2 rings (SSSR count). The van der Waals surface area contributed by atoms with Gasteiger partial charge >= 0.3 is 0 Å². The minimum Gasteiger partial charge on any atom is -0.354 e. The summed E-state index contributed by atoms with van der Waals surface area (Å²) in [5.41, 5.74) is 0. The minimum absolute atomic E-state index is 0.0629. The van der Waals surface area contributed by atoms with Crippen LogP contribution >= 0.6 is 0 Å². The SMILES string of the molecule is CCCNc1ncc(S(=O)(=O)NC2CC2C)cn1. The van der Waals surface area contributed by atoms with Gasteiger partial charge in [0.2, 0.25) is 16.0 Å². The lowest BCUT2D eigenvalue weighted by Gasteiger charge is -2.06. The Hall–Kier alpha value is -1.21. The summed E-state index contributed by atoms with van der Waals surface area (Å²) in [6.07, 6.45) is 4.53. The average Bonchev–Trinajstić information content (AvgIpc) is 3.02. The lowest BCUT2D eigenvalue weighted by molar-refractivity contribution is 0.577. The molecule has 0 aromatic carbocycles. The average molecular weight is 270 g/mol.